The van der Waals surface area contributed by atoms with Gasteiger partial charge in [-0.2, -0.15) is 5.21 Å². The third-order valence-corrected chi connectivity index (χ3v) is 5.07. The second kappa shape index (κ2) is 7.72. The maximum Gasteiger partial charge on any atom is 0.205 e. The van der Waals surface area contributed by atoms with Crippen molar-refractivity contribution in [3.8, 4) is 22.5 Å². The molecule has 0 spiro atoms. The molecule has 144 valence electrons. The molecular weight excluding hydrogens is 370 g/mol. The van der Waals surface area contributed by atoms with Crippen LogP contribution >= 0.6 is 0 Å². The molecule has 5 nitrogen and oxygen atoms in total. The van der Waals surface area contributed by atoms with E-state index in [1.807, 2.05) is 37.3 Å². The highest BCUT2D eigenvalue weighted by atomic mass is 15.5. The van der Waals surface area contributed by atoms with Gasteiger partial charge < -0.3 is 0 Å². The van der Waals surface area contributed by atoms with Gasteiger partial charge in [-0.1, -0.05) is 78.9 Å². The lowest BCUT2D eigenvalue weighted by Gasteiger charge is -2.07. The smallest absolute Gasteiger partial charge is 0.205 e. The Kier molecular flexibility index (Phi) is 4.62. The Hall–Kier alpha value is -4.12. The lowest BCUT2D eigenvalue weighted by atomic mass is 9.98. The summed E-state index contributed by atoms with van der Waals surface area (Å²) in [5, 5.41) is 15.6. The van der Waals surface area contributed by atoms with Crippen molar-refractivity contribution in [2.45, 2.75) is 6.92 Å². The van der Waals surface area contributed by atoms with Crippen molar-refractivity contribution < 1.29 is 0 Å². The minimum absolute atomic E-state index is 0.592. The number of fused-ring (bicyclic) bond motifs is 1. The van der Waals surface area contributed by atoms with Crippen LogP contribution in [0.25, 0.3) is 45.6 Å². The lowest BCUT2D eigenvalue weighted by molar-refractivity contribution is 0.881. The molecule has 0 fully saturated rings. The van der Waals surface area contributed by atoms with E-state index in [0.717, 1.165) is 38.9 Å². The van der Waals surface area contributed by atoms with Crippen molar-refractivity contribution in [1.82, 2.24) is 25.6 Å². The number of hydrogen-bond donors (Lipinski definition) is 1. The van der Waals surface area contributed by atoms with E-state index in [1.165, 1.54) is 5.56 Å². The number of tetrazole rings is 1. The molecular formula is C25H19N5. The Balaban J connectivity index is 1.46. The van der Waals surface area contributed by atoms with Crippen LogP contribution in [0.1, 0.15) is 16.8 Å². The quantitative estimate of drug-likeness (QED) is 0.437. The van der Waals surface area contributed by atoms with Crippen LogP contribution in [0.3, 0.4) is 0 Å². The predicted octanol–water partition coefficient (Wildman–Crippen LogP) is 5.56. The molecule has 0 aliphatic heterocycles. The van der Waals surface area contributed by atoms with Gasteiger partial charge in [-0.25, -0.2) is 0 Å². The number of para-hydroxylation sites is 1. The zero-order chi connectivity index (χ0) is 20.3. The Morgan fingerprint density at radius 2 is 1.57 bits per heavy atom. The van der Waals surface area contributed by atoms with Crippen LogP contribution in [0.5, 0.6) is 0 Å². The molecule has 0 radical (unpaired) electrons. The fourth-order valence-corrected chi connectivity index (χ4v) is 3.64. The average Bonchev–Trinajstić information content (AvgIpc) is 3.33. The largest absolute Gasteiger partial charge is 0.253 e. The molecule has 0 aliphatic carbocycles. The van der Waals surface area contributed by atoms with Gasteiger partial charge in [-0.3, -0.25) is 4.98 Å². The first-order valence-corrected chi connectivity index (χ1v) is 9.76. The van der Waals surface area contributed by atoms with Gasteiger partial charge >= 0.3 is 0 Å². The van der Waals surface area contributed by atoms with Crippen LogP contribution in [-0.2, 0) is 0 Å². The van der Waals surface area contributed by atoms with Crippen molar-refractivity contribution in [2.75, 3.05) is 0 Å². The molecule has 0 atom stereocenters. The topological polar surface area (TPSA) is 67.3 Å². The number of benzene rings is 3. The number of aromatic nitrogens is 5. The highest BCUT2D eigenvalue weighted by Gasteiger charge is 2.10. The van der Waals surface area contributed by atoms with Crippen molar-refractivity contribution >= 4 is 23.1 Å². The van der Waals surface area contributed by atoms with E-state index in [9.17, 15) is 0 Å². The van der Waals surface area contributed by atoms with Gasteiger partial charge in [0.2, 0.25) is 5.82 Å². The number of aromatic amines is 1. The Bertz CT molecular complexity index is 1340. The molecule has 0 unspecified atom stereocenters. The lowest BCUT2D eigenvalue weighted by Crippen LogP contribution is -1.88. The third-order valence-electron chi connectivity index (χ3n) is 5.07. The maximum absolute atomic E-state index is 4.62. The van der Waals surface area contributed by atoms with Crippen LogP contribution in [-0.4, -0.2) is 25.6 Å². The Morgan fingerprint density at radius 1 is 0.800 bits per heavy atom. The van der Waals surface area contributed by atoms with Gasteiger partial charge in [0.25, 0.3) is 0 Å². The summed E-state index contributed by atoms with van der Waals surface area (Å²) < 4.78 is 0. The number of rotatable bonds is 4. The molecule has 5 rings (SSSR count). The fourth-order valence-electron chi connectivity index (χ4n) is 3.64. The summed E-state index contributed by atoms with van der Waals surface area (Å²) in [6.45, 7) is 2.03. The number of H-pyrrole nitrogens is 1. The van der Waals surface area contributed by atoms with Crippen molar-refractivity contribution in [3.05, 3.63) is 95.7 Å². The molecule has 2 aromatic heterocycles. The van der Waals surface area contributed by atoms with Gasteiger partial charge in [-0.05, 0) is 46.5 Å². The van der Waals surface area contributed by atoms with Gasteiger partial charge in [0, 0.05) is 16.6 Å². The summed E-state index contributed by atoms with van der Waals surface area (Å²) >= 11 is 0. The van der Waals surface area contributed by atoms with E-state index in [-0.39, 0.29) is 0 Å². The van der Waals surface area contributed by atoms with Gasteiger partial charge in [0.05, 0.1) is 5.52 Å². The first-order valence-electron chi connectivity index (χ1n) is 9.76. The third kappa shape index (κ3) is 3.49. The van der Waals surface area contributed by atoms with E-state index in [4.69, 9.17) is 0 Å². The molecule has 0 amide bonds. The molecule has 5 heteroatoms. The molecule has 0 saturated carbocycles. The highest BCUT2D eigenvalue weighted by molar-refractivity contribution is 5.91. The molecule has 0 saturated heterocycles. The molecule has 0 bridgehead atoms. The van der Waals surface area contributed by atoms with E-state index in [0.29, 0.717) is 5.82 Å². The van der Waals surface area contributed by atoms with E-state index < -0.39 is 0 Å². The van der Waals surface area contributed by atoms with Crippen LogP contribution < -0.4 is 0 Å². The molecule has 5 aromatic rings. The van der Waals surface area contributed by atoms with Crippen molar-refractivity contribution in [2.24, 2.45) is 0 Å². The minimum Gasteiger partial charge on any atom is -0.253 e. The number of nitrogens with one attached hydrogen (secondary N) is 1. The Labute approximate surface area is 174 Å². The van der Waals surface area contributed by atoms with Crippen LogP contribution in [0.4, 0.5) is 0 Å². The second-order valence-electron chi connectivity index (χ2n) is 7.11. The zero-order valence-electron chi connectivity index (χ0n) is 16.4. The SMILES string of the molecule is Cc1cc(C=Cc2ccc(-c3ccccc3-c3nn[nH]n3)cc2)c2ccccc2n1. The second-order valence-corrected chi connectivity index (χ2v) is 7.11. The van der Waals surface area contributed by atoms with E-state index in [2.05, 4.69) is 86.3 Å². The average molecular weight is 389 g/mol. The number of pyridine rings is 1. The van der Waals surface area contributed by atoms with Gasteiger partial charge in [0.15, 0.2) is 0 Å². The van der Waals surface area contributed by atoms with Crippen molar-refractivity contribution in [1.29, 1.82) is 0 Å². The number of aryl methyl sites for hydroxylation is 1. The van der Waals surface area contributed by atoms with E-state index in [1.54, 1.807) is 0 Å². The number of nitrogens with zero attached hydrogens (tertiary/aromatic N) is 4. The highest BCUT2D eigenvalue weighted by Crippen LogP contribution is 2.30. The summed E-state index contributed by atoms with van der Waals surface area (Å²) in [6.07, 6.45) is 4.29. The first kappa shape index (κ1) is 17.9. The Morgan fingerprint density at radius 3 is 2.37 bits per heavy atom. The maximum atomic E-state index is 4.62. The van der Waals surface area contributed by atoms with E-state index >= 15 is 0 Å². The van der Waals surface area contributed by atoms with Crippen LogP contribution in [0, 0.1) is 6.92 Å². The molecule has 0 aliphatic rings. The summed E-state index contributed by atoms with van der Waals surface area (Å²) in [7, 11) is 0. The normalized spacial score (nSPS) is 11.4. The molecule has 2 heterocycles. The summed E-state index contributed by atoms with van der Waals surface area (Å²) in [5.74, 6) is 0.592. The van der Waals surface area contributed by atoms with Crippen molar-refractivity contribution in [3.63, 3.8) is 0 Å². The summed E-state index contributed by atoms with van der Waals surface area (Å²) in [4.78, 5) is 4.62. The van der Waals surface area contributed by atoms with Crippen LogP contribution in [0.2, 0.25) is 0 Å². The predicted molar refractivity (Wildman–Crippen MR) is 120 cm³/mol. The monoisotopic (exact) mass is 389 g/mol. The van der Waals surface area contributed by atoms with Gasteiger partial charge in [-0.15, -0.1) is 10.2 Å². The molecule has 3 aromatic carbocycles. The first-order chi connectivity index (χ1) is 14.8. The van der Waals surface area contributed by atoms with Gasteiger partial charge in [0.1, 0.15) is 0 Å². The minimum atomic E-state index is 0.592. The molecule has 30 heavy (non-hydrogen) atoms. The zero-order valence-corrected chi connectivity index (χ0v) is 16.4. The fraction of sp³-hybridized carbons (Fsp3) is 0.0400. The molecule has 1 N–H and O–H groups in total. The standard InChI is InChI=1S/C25H19N5/c1-17-16-20(22-7-4-5-9-24(22)26-17)15-12-18-10-13-19(14-11-18)21-6-2-3-8-23(21)25-27-29-30-28-25/h2-16H,1H3,(H,27,28,29,30). The summed E-state index contributed by atoms with van der Waals surface area (Å²) in [5.41, 5.74) is 7.47. The summed E-state index contributed by atoms with van der Waals surface area (Å²) in [6, 6.07) is 26.9. The van der Waals surface area contributed by atoms with Crippen LogP contribution in [0.15, 0.2) is 78.9 Å². The number of hydrogen-bond acceptors (Lipinski definition) is 4.